The summed E-state index contributed by atoms with van der Waals surface area (Å²) in [4.78, 5) is 18.1. The molecule has 0 saturated heterocycles. The third-order valence-electron chi connectivity index (χ3n) is 6.66. The number of nitrogens with zero attached hydrogens (tertiary/aromatic N) is 2. The Morgan fingerprint density at radius 2 is 1.82 bits per heavy atom. The van der Waals surface area contributed by atoms with E-state index in [1.54, 1.807) is 17.8 Å². The zero-order valence-electron chi connectivity index (χ0n) is 20.3. The minimum absolute atomic E-state index is 0.00911. The molecule has 180 valence electrons. The Kier molecular flexibility index (Phi) is 7.05. The van der Waals surface area contributed by atoms with Gasteiger partial charge >= 0.3 is 0 Å². The fraction of sp³-hybridized carbons (Fsp3) is 0.407. The number of fused-ring (bicyclic) bond motifs is 1. The van der Waals surface area contributed by atoms with Crippen LogP contribution in [0.2, 0.25) is 0 Å². The van der Waals surface area contributed by atoms with Gasteiger partial charge in [0.15, 0.2) is 0 Å². The lowest BCUT2D eigenvalue weighted by Crippen LogP contribution is -2.46. The van der Waals surface area contributed by atoms with E-state index in [1.807, 2.05) is 26.0 Å². The molecule has 4 rings (SSSR count). The van der Waals surface area contributed by atoms with Crippen molar-refractivity contribution in [2.45, 2.75) is 65.0 Å². The molecular weight excluding hydrogens is 446 g/mol. The second kappa shape index (κ2) is 9.84. The molecule has 1 aliphatic carbocycles. The zero-order chi connectivity index (χ0) is 24.5. The van der Waals surface area contributed by atoms with Crippen LogP contribution in [0.3, 0.4) is 0 Å². The largest absolute Gasteiger partial charge is 0.296 e. The molecule has 2 atom stereocenters. The monoisotopic (exact) mass is 479 g/mol. The van der Waals surface area contributed by atoms with Gasteiger partial charge in [0, 0.05) is 23.6 Å². The lowest BCUT2D eigenvalue weighted by atomic mass is 9.78. The van der Waals surface area contributed by atoms with Crippen LogP contribution in [0.15, 0.2) is 59.7 Å². The van der Waals surface area contributed by atoms with Crippen LogP contribution in [-0.2, 0) is 22.9 Å². The summed E-state index contributed by atoms with van der Waals surface area (Å²) in [5.41, 5.74) is 5.86. The Morgan fingerprint density at radius 3 is 2.50 bits per heavy atom. The Morgan fingerprint density at radius 1 is 1.12 bits per heavy atom. The number of nitrogens with one attached hydrogen (secondary N) is 1. The molecule has 0 spiro atoms. The van der Waals surface area contributed by atoms with Crippen LogP contribution in [0.1, 0.15) is 61.5 Å². The maximum Gasteiger partial charge on any atom is 0.257 e. The van der Waals surface area contributed by atoms with Crippen molar-refractivity contribution < 1.29 is 8.42 Å². The molecule has 2 unspecified atom stereocenters. The highest BCUT2D eigenvalue weighted by atomic mass is 32.2. The molecule has 1 aromatic heterocycles. The number of sulfonamides is 1. The molecule has 0 radical (unpaired) electrons. The number of benzene rings is 2. The molecule has 2 aromatic carbocycles. The number of aryl methyl sites for hydroxylation is 2. The second-order valence-corrected chi connectivity index (χ2v) is 11.5. The van der Waals surface area contributed by atoms with Crippen molar-refractivity contribution in [1.29, 1.82) is 0 Å². The highest BCUT2D eigenvalue weighted by Gasteiger charge is 2.35. The van der Waals surface area contributed by atoms with Gasteiger partial charge in [-0.2, -0.15) is 0 Å². The summed E-state index contributed by atoms with van der Waals surface area (Å²) < 4.78 is 29.5. The Balaban J connectivity index is 1.78. The maximum absolute atomic E-state index is 13.5. The van der Waals surface area contributed by atoms with Gasteiger partial charge < -0.3 is 0 Å². The van der Waals surface area contributed by atoms with E-state index in [4.69, 9.17) is 0 Å². The maximum atomic E-state index is 13.5. The average molecular weight is 480 g/mol. The van der Waals surface area contributed by atoms with E-state index in [0.29, 0.717) is 24.8 Å². The Labute approximate surface area is 202 Å². The summed E-state index contributed by atoms with van der Waals surface area (Å²) in [5.74, 6) is -0.279. The number of hydrogen-bond donors (Lipinski definition) is 1. The van der Waals surface area contributed by atoms with Gasteiger partial charge in [0.05, 0.1) is 17.8 Å². The first-order chi connectivity index (χ1) is 16.2. The van der Waals surface area contributed by atoms with Crippen molar-refractivity contribution in [3.63, 3.8) is 0 Å². The van der Waals surface area contributed by atoms with E-state index < -0.39 is 10.0 Å². The molecule has 0 saturated carbocycles. The van der Waals surface area contributed by atoms with E-state index in [1.165, 1.54) is 5.56 Å². The zero-order valence-corrected chi connectivity index (χ0v) is 21.1. The molecule has 34 heavy (non-hydrogen) atoms. The highest BCUT2D eigenvalue weighted by molar-refractivity contribution is 7.89. The van der Waals surface area contributed by atoms with Crippen LogP contribution in [0.5, 0.6) is 0 Å². The number of aromatic nitrogens is 2. The Hall–Kier alpha value is -2.77. The average Bonchev–Trinajstić information content (AvgIpc) is 2.80. The van der Waals surface area contributed by atoms with Crippen LogP contribution in [0, 0.1) is 6.92 Å². The van der Waals surface area contributed by atoms with Gasteiger partial charge in [-0.15, -0.1) is 0 Å². The molecule has 3 aromatic rings. The van der Waals surface area contributed by atoms with Crippen LogP contribution < -0.4 is 10.3 Å². The molecule has 0 aliphatic heterocycles. The van der Waals surface area contributed by atoms with Gasteiger partial charge in [-0.05, 0) is 63.6 Å². The standard InChI is InChI=1S/C27H33N3O3S/c1-5-34(32,33)29-24-12-13-25-26(27(31)30(17-28-25)18(2)3)23(24)16-20-9-7-11-22(15-20)21-10-6-8-19(4)14-21/h6-11,14-15,17-18,23-24,29H,5,12-13,16H2,1-4H3. The summed E-state index contributed by atoms with van der Waals surface area (Å²) in [6.45, 7) is 7.61. The van der Waals surface area contributed by atoms with Crippen LogP contribution in [0.25, 0.3) is 11.1 Å². The first kappa shape index (κ1) is 24.4. The summed E-state index contributed by atoms with van der Waals surface area (Å²) >= 11 is 0. The lowest BCUT2D eigenvalue weighted by Gasteiger charge is -2.33. The lowest BCUT2D eigenvalue weighted by molar-refractivity contribution is 0.412. The summed E-state index contributed by atoms with van der Waals surface area (Å²) in [6, 6.07) is 16.3. The topological polar surface area (TPSA) is 81.1 Å². The van der Waals surface area contributed by atoms with Gasteiger partial charge in [0.25, 0.3) is 5.56 Å². The molecule has 0 fully saturated rings. The smallest absolute Gasteiger partial charge is 0.257 e. The predicted molar refractivity (Wildman–Crippen MR) is 137 cm³/mol. The fourth-order valence-electron chi connectivity index (χ4n) is 4.81. The SMILES string of the molecule is CCS(=O)(=O)NC1CCc2ncn(C(C)C)c(=O)c2C1Cc1cccc(-c2cccc(C)c2)c1. The third kappa shape index (κ3) is 5.15. The number of rotatable bonds is 7. The minimum atomic E-state index is -3.42. The van der Waals surface area contributed by atoms with E-state index >= 15 is 0 Å². The first-order valence-corrected chi connectivity index (χ1v) is 13.6. The van der Waals surface area contributed by atoms with E-state index in [9.17, 15) is 13.2 Å². The summed E-state index contributed by atoms with van der Waals surface area (Å²) in [7, 11) is -3.42. The van der Waals surface area contributed by atoms with Gasteiger partial charge in [0.2, 0.25) is 10.0 Å². The van der Waals surface area contributed by atoms with Crippen molar-refractivity contribution >= 4 is 10.0 Å². The van der Waals surface area contributed by atoms with E-state index in [-0.39, 0.29) is 29.3 Å². The van der Waals surface area contributed by atoms with Crippen LogP contribution >= 0.6 is 0 Å². The molecule has 0 amide bonds. The second-order valence-electron chi connectivity index (χ2n) is 9.46. The van der Waals surface area contributed by atoms with Crippen LogP contribution in [-0.4, -0.2) is 29.8 Å². The van der Waals surface area contributed by atoms with Gasteiger partial charge in [0.1, 0.15) is 0 Å². The highest BCUT2D eigenvalue weighted by Crippen LogP contribution is 2.33. The van der Waals surface area contributed by atoms with E-state index in [2.05, 4.69) is 53.0 Å². The van der Waals surface area contributed by atoms with Crippen molar-refractivity contribution in [3.05, 3.63) is 87.6 Å². The van der Waals surface area contributed by atoms with E-state index in [0.717, 1.165) is 22.4 Å². The van der Waals surface area contributed by atoms with Gasteiger partial charge in [-0.3, -0.25) is 9.36 Å². The molecule has 6 nitrogen and oxygen atoms in total. The molecular formula is C27H33N3O3S. The summed E-state index contributed by atoms with van der Waals surface area (Å²) in [5, 5.41) is 0. The quantitative estimate of drug-likeness (QED) is 0.545. The number of hydrogen-bond acceptors (Lipinski definition) is 4. The molecule has 0 bridgehead atoms. The fourth-order valence-corrected chi connectivity index (χ4v) is 5.72. The van der Waals surface area contributed by atoms with Crippen LogP contribution in [0.4, 0.5) is 0 Å². The third-order valence-corrected chi connectivity index (χ3v) is 8.09. The molecule has 1 aliphatic rings. The van der Waals surface area contributed by atoms with Gasteiger partial charge in [-0.25, -0.2) is 18.1 Å². The van der Waals surface area contributed by atoms with Crippen molar-refractivity contribution in [2.75, 3.05) is 5.75 Å². The Bertz CT molecular complexity index is 1350. The normalized spacial score (nSPS) is 18.1. The molecule has 7 heteroatoms. The van der Waals surface area contributed by atoms with Gasteiger partial charge in [-0.1, -0.05) is 54.1 Å². The minimum Gasteiger partial charge on any atom is -0.296 e. The van der Waals surface area contributed by atoms with Crippen molar-refractivity contribution in [2.24, 2.45) is 0 Å². The first-order valence-electron chi connectivity index (χ1n) is 11.9. The summed E-state index contributed by atoms with van der Waals surface area (Å²) in [6.07, 6.45) is 3.38. The van der Waals surface area contributed by atoms with Crippen molar-refractivity contribution in [1.82, 2.24) is 14.3 Å². The van der Waals surface area contributed by atoms with Crippen molar-refractivity contribution in [3.8, 4) is 11.1 Å². The predicted octanol–water partition coefficient (Wildman–Crippen LogP) is 4.38. The molecule has 1 N–H and O–H groups in total. The molecule has 1 heterocycles.